The molecule has 34 heavy (non-hydrogen) atoms. The van der Waals surface area contributed by atoms with Gasteiger partial charge in [0, 0.05) is 10.9 Å². The lowest BCUT2D eigenvalue weighted by Gasteiger charge is -2.22. The van der Waals surface area contributed by atoms with Crippen LogP contribution in [0.2, 0.25) is 0 Å². The smallest absolute Gasteiger partial charge is 0.116 e. The summed E-state index contributed by atoms with van der Waals surface area (Å²) in [5.41, 5.74) is 6.13. The van der Waals surface area contributed by atoms with E-state index < -0.39 is 0 Å². The zero-order valence-corrected chi connectivity index (χ0v) is 21.9. The SMILES string of the molecule is CC(C)Cc1csc2c1ccc1c3ncnc(-c4cc(C(C)(C)C)c5ccccc5c4)c3sc12. The van der Waals surface area contributed by atoms with Crippen LogP contribution in [0, 0.1) is 5.92 Å². The molecule has 170 valence electrons. The van der Waals surface area contributed by atoms with E-state index in [1.54, 1.807) is 6.33 Å². The van der Waals surface area contributed by atoms with Gasteiger partial charge in [-0.15, -0.1) is 22.7 Å². The van der Waals surface area contributed by atoms with Crippen molar-refractivity contribution in [2.24, 2.45) is 5.92 Å². The van der Waals surface area contributed by atoms with E-state index in [1.807, 2.05) is 22.7 Å². The number of benzene rings is 3. The summed E-state index contributed by atoms with van der Waals surface area (Å²) in [5.74, 6) is 0.651. The number of nitrogens with zero attached hydrogens (tertiary/aromatic N) is 2. The maximum atomic E-state index is 4.83. The second kappa shape index (κ2) is 7.86. The fourth-order valence-corrected chi connectivity index (χ4v) is 7.55. The molecule has 0 aliphatic rings. The van der Waals surface area contributed by atoms with Crippen LogP contribution >= 0.6 is 22.7 Å². The summed E-state index contributed by atoms with van der Waals surface area (Å²) < 4.78 is 3.90. The molecule has 0 amide bonds. The Morgan fingerprint density at radius 3 is 2.44 bits per heavy atom. The third-order valence-corrected chi connectivity index (χ3v) is 9.02. The average molecular weight is 481 g/mol. The van der Waals surface area contributed by atoms with Gasteiger partial charge in [-0.1, -0.05) is 71.0 Å². The van der Waals surface area contributed by atoms with Crippen LogP contribution in [0.3, 0.4) is 0 Å². The Bertz CT molecular complexity index is 1700. The molecule has 0 bridgehead atoms. The van der Waals surface area contributed by atoms with E-state index in [2.05, 4.69) is 88.5 Å². The summed E-state index contributed by atoms with van der Waals surface area (Å²) in [7, 11) is 0. The van der Waals surface area contributed by atoms with Gasteiger partial charge in [-0.2, -0.15) is 0 Å². The van der Waals surface area contributed by atoms with Crippen LogP contribution in [0.5, 0.6) is 0 Å². The highest BCUT2D eigenvalue weighted by Gasteiger charge is 2.21. The lowest BCUT2D eigenvalue weighted by Crippen LogP contribution is -2.12. The molecule has 0 radical (unpaired) electrons. The van der Waals surface area contributed by atoms with Gasteiger partial charge < -0.3 is 0 Å². The Hall–Kier alpha value is -2.82. The van der Waals surface area contributed by atoms with Crippen molar-refractivity contribution >= 4 is 63.8 Å². The highest BCUT2D eigenvalue weighted by Crippen LogP contribution is 2.44. The van der Waals surface area contributed by atoms with Gasteiger partial charge in [-0.25, -0.2) is 9.97 Å². The van der Waals surface area contributed by atoms with Crippen LogP contribution in [0.15, 0.2) is 60.2 Å². The molecule has 6 aromatic rings. The first-order chi connectivity index (χ1) is 16.3. The normalized spacial score (nSPS) is 12.6. The van der Waals surface area contributed by atoms with Gasteiger partial charge in [0.25, 0.3) is 0 Å². The maximum Gasteiger partial charge on any atom is 0.116 e. The zero-order chi connectivity index (χ0) is 23.6. The van der Waals surface area contributed by atoms with E-state index in [0.717, 1.165) is 17.6 Å². The van der Waals surface area contributed by atoms with Crippen LogP contribution in [0.25, 0.3) is 52.4 Å². The Morgan fingerprint density at radius 1 is 0.853 bits per heavy atom. The van der Waals surface area contributed by atoms with E-state index in [1.165, 1.54) is 52.3 Å². The van der Waals surface area contributed by atoms with Gasteiger partial charge in [0.1, 0.15) is 6.33 Å². The molecule has 0 aliphatic carbocycles. The van der Waals surface area contributed by atoms with Crippen molar-refractivity contribution in [3.63, 3.8) is 0 Å². The highest BCUT2D eigenvalue weighted by molar-refractivity contribution is 7.31. The van der Waals surface area contributed by atoms with Crippen LogP contribution in [0.4, 0.5) is 0 Å². The van der Waals surface area contributed by atoms with Crippen LogP contribution in [0.1, 0.15) is 45.7 Å². The molecule has 3 heterocycles. The van der Waals surface area contributed by atoms with E-state index in [0.29, 0.717) is 5.92 Å². The van der Waals surface area contributed by atoms with Gasteiger partial charge in [0.05, 0.1) is 25.3 Å². The van der Waals surface area contributed by atoms with Gasteiger partial charge in [0.2, 0.25) is 0 Å². The van der Waals surface area contributed by atoms with Crippen molar-refractivity contribution in [2.45, 2.75) is 46.5 Å². The molecule has 3 aromatic carbocycles. The molecule has 0 aliphatic heterocycles. The second-order valence-electron chi connectivity index (χ2n) is 10.7. The third-order valence-electron chi connectivity index (χ3n) is 6.61. The molecule has 0 N–H and O–H groups in total. The molecule has 0 saturated heterocycles. The number of hydrogen-bond acceptors (Lipinski definition) is 4. The first-order valence-corrected chi connectivity index (χ1v) is 13.6. The Morgan fingerprint density at radius 2 is 1.65 bits per heavy atom. The minimum Gasteiger partial charge on any atom is -0.235 e. The van der Waals surface area contributed by atoms with Crippen LogP contribution in [-0.2, 0) is 11.8 Å². The maximum absolute atomic E-state index is 4.83. The fraction of sp³-hybridized carbons (Fsp3) is 0.267. The number of rotatable bonds is 3. The van der Waals surface area contributed by atoms with Crippen LogP contribution in [-0.4, -0.2) is 9.97 Å². The summed E-state index contributed by atoms with van der Waals surface area (Å²) in [4.78, 5) is 9.58. The Labute approximate surface area is 208 Å². The van der Waals surface area contributed by atoms with Gasteiger partial charge in [-0.3, -0.25) is 0 Å². The molecule has 6 rings (SSSR count). The van der Waals surface area contributed by atoms with Crippen molar-refractivity contribution < 1.29 is 0 Å². The van der Waals surface area contributed by atoms with E-state index >= 15 is 0 Å². The van der Waals surface area contributed by atoms with Crippen LogP contribution < -0.4 is 0 Å². The molecule has 4 heteroatoms. The first-order valence-electron chi connectivity index (χ1n) is 11.9. The zero-order valence-electron chi connectivity index (χ0n) is 20.3. The number of hydrogen-bond donors (Lipinski definition) is 0. The van der Waals surface area contributed by atoms with E-state index in [9.17, 15) is 0 Å². The summed E-state index contributed by atoms with van der Waals surface area (Å²) in [6, 6.07) is 17.9. The van der Waals surface area contributed by atoms with Gasteiger partial charge in [-0.05, 0) is 62.6 Å². The van der Waals surface area contributed by atoms with E-state index in [4.69, 9.17) is 9.97 Å². The quantitative estimate of drug-likeness (QED) is 0.252. The second-order valence-corrected chi connectivity index (χ2v) is 12.6. The molecular weight excluding hydrogens is 452 g/mol. The summed E-state index contributed by atoms with van der Waals surface area (Å²) in [6.45, 7) is 11.4. The summed E-state index contributed by atoms with van der Waals surface area (Å²) in [6.07, 6.45) is 2.85. The third kappa shape index (κ3) is 3.43. The summed E-state index contributed by atoms with van der Waals surface area (Å²) in [5, 5.41) is 7.56. The summed E-state index contributed by atoms with van der Waals surface area (Å²) >= 11 is 3.72. The first kappa shape index (κ1) is 21.7. The lowest BCUT2D eigenvalue weighted by molar-refractivity contribution is 0.596. The predicted octanol–water partition coefficient (Wildman–Crippen LogP) is 9.38. The number of fused-ring (bicyclic) bond motifs is 6. The van der Waals surface area contributed by atoms with Crippen molar-refractivity contribution in [3.8, 4) is 11.3 Å². The molecule has 0 fully saturated rings. The lowest BCUT2D eigenvalue weighted by atomic mass is 9.82. The molecule has 3 aromatic heterocycles. The topological polar surface area (TPSA) is 25.8 Å². The van der Waals surface area contributed by atoms with Gasteiger partial charge >= 0.3 is 0 Å². The molecular formula is C30H28N2S2. The molecule has 0 spiro atoms. The van der Waals surface area contributed by atoms with E-state index in [-0.39, 0.29) is 5.41 Å². The van der Waals surface area contributed by atoms with Gasteiger partial charge in [0.15, 0.2) is 0 Å². The monoisotopic (exact) mass is 480 g/mol. The minimum atomic E-state index is 0.0396. The fourth-order valence-electron chi connectivity index (χ4n) is 5.05. The average Bonchev–Trinajstić information content (AvgIpc) is 3.38. The molecule has 0 saturated carbocycles. The van der Waals surface area contributed by atoms with Crippen molar-refractivity contribution in [1.29, 1.82) is 0 Å². The molecule has 0 atom stereocenters. The molecule has 0 unspecified atom stereocenters. The highest BCUT2D eigenvalue weighted by atomic mass is 32.1. The Kier molecular flexibility index (Phi) is 5.02. The van der Waals surface area contributed by atoms with Crippen molar-refractivity contribution in [1.82, 2.24) is 9.97 Å². The largest absolute Gasteiger partial charge is 0.235 e. The standard InChI is InChI=1S/C30H28N2S2/c1-17(2)12-20-15-33-27-22(20)10-11-23-26-29(34-28(23)27)25(31-16-32-26)19-13-18-8-6-7-9-21(18)24(14-19)30(3,4)5/h6-11,13-17H,12H2,1-5H3. The number of thiophene rings is 2. The van der Waals surface area contributed by atoms with Crippen molar-refractivity contribution in [3.05, 3.63) is 71.4 Å². The molecule has 2 nitrogen and oxygen atoms in total. The Balaban J connectivity index is 1.63. The number of aromatic nitrogens is 2. The van der Waals surface area contributed by atoms with Crippen molar-refractivity contribution in [2.75, 3.05) is 0 Å². The minimum absolute atomic E-state index is 0.0396. The predicted molar refractivity (Wildman–Crippen MR) is 150 cm³/mol.